The highest BCUT2D eigenvalue weighted by molar-refractivity contribution is 7.98. The van der Waals surface area contributed by atoms with Crippen molar-refractivity contribution in [2.75, 3.05) is 5.73 Å². The van der Waals surface area contributed by atoms with Crippen LogP contribution in [0.2, 0.25) is 0 Å². The predicted octanol–water partition coefficient (Wildman–Crippen LogP) is 5.19. The van der Waals surface area contributed by atoms with Gasteiger partial charge in [-0.05, 0) is 43.4 Å². The zero-order chi connectivity index (χ0) is 21.4. The molecular weight excluding hydrogens is 428 g/mol. The molecule has 2 N–H and O–H groups in total. The molecule has 0 fully saturated rings. The predicted molar refractivity (Wildman–Crippen MR) is 125 cm³/mol. The van der Waals surface area contributed by atoms with Crippen LogP contribution < -0.4 is 5.73 Å². The van der Waals surface area contributed by atoms with Crippen molar-refractivity contribution in [3.8, 4) is 0 Å². The van der Waals surface area contributed by atoms with Crippen LogP contribution in [-0.2, 0) is 25.1 Å². The van der Waals surface area contributed by atoms with E-state index >= 15 is 0 Å². The van der Waals surface area contributed by atoms with Gasteiger partial charge in [0.25, 0.3) is 0 Å². The number of thioether (sulfide) groups is 1. The first-order valence-corrected chi connectivity index (χ1v) is 12.5. The summed E-state index contributed by atoms with van der Waals surface area (Å²) in [6, 6.07) is 3.87. The van der Waals surface area contributed by atoms with Gasteiger partial charge >= 0.3 is 0 Å². The second-order valence-electron chi connectivity index (χ2n) is 8.22. The highest BCUT2D eigenvalue weighted by Crippen LogP contribution is 2.37. The molecular formula is C22H26N6OS2. The SMILES string of the molecule is CC(C)c1nnc(SCc2nc(N)c3c4c(sc3n2)CCCCC4)n1Cc1ccco1. The van der Waals surface area contributed by atoms with Gasteiger partial charge in [0.2, 0.25) is 0 Å². The molecule has 1 aliphatic rings. The van der Waals surface area contributed by atoms with Gasteiger partial charge in [0, 0.05) is 10.8 Å². The molecule has 5 rings (SSSR count). The van der Waals surface area contributed by atoms with E-state index in [0.29, 0.717) is 18.1 Å². The molecule has 9 heteroatoms. The van der Waals surface area contributed by atoms with Crippen molar-refractivity contribution >= 4 is 39.1 Å². The molecule has 0 amide bonds. The van der Waals surface area contributed by atoms with E-state index in [2.05, 4.69) is 33.6 Å². The molecule has 7 nitrogen and oxygen atoms in total. The molecule has 4 aromatic heterocycles. The summed E-state index contributed by atoms with van der Waals surface area (Å²) in [5.74, 6) is 4.03. The number of anilines is 1. The van der Waals surface area contributed by atoms with Gasteiger partial charge in [-0.25, -0.2) is 9.97 Å². The van der Waals surface area contributed by atoms with Crippen molar-refractivity contribution in [3.63, 3.8) is 0 Å². The van der Waals surface area contributed by atoms with Crippen molar-refractivity contribution in [3.05, 3.63) is 46.2 Å². The van der Waals surface area contributed by atoms with Crippen LogP contribution in [0, 0.1) is 0 Å². The summed E-state index contributed by atoms with van der Waals surface area (Å²) in [6.45, 7) is 4.85. The van der Waals surface area contributed by atoms with Crippen molar-refractivity contribution in [1.82, 2.24) is 24.7 Å². The third kappa shape index (κ3) is 4.08. The first kappa shape index (κ1) is 20.5. The molecule has 0 aromatic carbocycles. The lowest BCUT2D eigenvalue weighted by atomic mass is 10.1. The van der Waals surface area contributed by atoms with E-state index in [1.165, 1.54) is 29.7 Å². The first-order valence-electron chi connectivity index (χ1n) is 10.7. The minimum absolute atomic E-state index is 0.265. The highest BCUT2D eigenvalue weighted by atomic mass is 32.2. The normalized spacial score (nSPS) is 14.3. The molecule has 0 saturated carbocycles. The smallest absolute Gasteiger partial charge is 0.192 e. The Balaban J connectivity index is 1.41. The maximum absolute atomic E-state index is 6.41. The lowest BCUT2D eigenvalue weighted by Crippen LogP contribution is -2.08. The number of furan rings is 1. The van der Waals surface area contributed by atoms with Crippen molar-refractivity contribution in [2.24, 2.45) is 0 Å². The molecule has 0 spiro atoms. The number of thiophene rings is 1. The summed E-state index contributed by atoms with van der Waals surface area (Å²) in [5, 5.41) is 10.8. The number of hydrogen-bond donors (Lipinski definition) is 1. The van der Waals surface area contributed by atoms with Gasteiger partial charge in [-0.3, -0.25) is 4.57 Å². The fourth-order valence-corrected chi connectivity index (χ4v) is 6.23. The zero-order valence-electron chi connectivity index (χ0n) is 17.8. The number of hydrogen-bond acceptors (Lipinski definition) is 8. The molecule has 0 aliphatic heterocycles. The van der Waals surface area contributed by atoms with Crippen LogP contribution in [-0.4, -0.2) is 24.7 Å². The average molecular weight is 455 g/mol. The Hall–Kier alpha value is -2.39. The Morgan fingerprint density at radius 1 is 1.19 bits per heavy atom. The van der Waals surface area contributed by atoms with Crippen molar-refractivity contribution < 1.29 is 4.42 Å². The second kappa shape index (κ2) is 8.63. The Morgan fingerprint density at radius 3 is 2.87 bits per heavy atom. The highest BCUT2D eigenvalue weighted by Gasteiger charge is 2.21. The monoisotopic (exact) mass is 454 g/mol. The second-order valence-corrected chi connectivity index (χ2v) is 10.2. The van der Waals surface area contributed by atoms with E-state index in [0.717, 1.165) is 45.6 Å². The lowest BCUT2D eigenvalue weighted by molar-refractivity contribution is 0.475. The van der Waals surface area contributed by atoms with E-state index in [1.54, 1.807) is 29.4 Å². The summed E-state index contributed by atoms with van der Waals surface area (Å²) in [6.07, 6.45) is 7.67. The van der Waals surface area contributed by atoms with E-state index in [1.807, 2.05) is 12.1 Å². The van der Waals surface area contributed by atoms with Gasteiger partial charge in [-0.1, -0.05) is 32.0 Å². The van der Waals surface area contributed by atoms with Crippen LogP contribution in [0.3, 0.4) is 0 Å². The number of aromatic nitrogens is 5. The van der Waals surface area contributed by atoms with Crippen LogP contribution in [0.1, 0.15) is 66.9 Å². The minimum atomic E-state index is 0.265. The number of aryl methyl sites for hydroxylation is 2. The largest absolute Gasteiger partial charge is 0.467 e. The third-order valence-corrected chi connectivity index (χ3v) is 7.77. The summed E-state index contributed by atoms with van der Waals surface area (Å²) < 4.78 is 7.66. The molecule has 0 atom stereocenters. The fourth-order valence-electron chi connectivity index (χ4n) is 4.14. The average Bonchev–Trinajstić information content (AvgIpc) is 3.43. The molecule has 162 valence electrons. The van der Waals surface area contributed by atoms with Crippen LogP contribution in [0.4, 0.5) is 5.82 Å². The standard InChI is InChI=1S/C22H26N6OS2/c1-13(2)20-26-27-22(28(20)11-14-7-6-10-29-14)30-12-17-24-19(23)18-15-8-4-3-5-9-16(15)31-21(18)25-17/h6-7,10,13H,3-5,8-9,11-12H2,1-2H3,(H2,23,24,25). The zero-order valence-corrected chi connectivity index (χ0v) is 19.4. The Morgan fingerprint density at radius 2 is 2.06 bits per heavy atom. The Kier molecular flexibility index (Phi) is 5.71. The number of nitrogens with zero attached hydrogens (tertiary/aromatic N) is 5. The van der Waals surface area contributed by atoms with E-state index < -0.39 is 0 Å². The van der Waals surface area contributed by atoms with Crippen LogP contribution in [0.25, 0.3) is 10.2 Å². The lowest BCUT2D eigenvalue weighted by Gasteiger charge is -2.10. The van der Waals surface area contributed by atoms with Gasteiger partial charge in [-0.2, -0.15) is 0 Å². The number of nitrogen functional groups attached to an aromatic ring is 1. The Bertz CT molecular complexity index is 1190. The number of fused-ring (bicyclic) bond motifs is 3. The first-order chi connectivity index (χ1) is 15.1. The summed E-state index contributed by atoms with van der Waals surface area (Å²) in [4.78, 5) is 12.0. The van der Waals surface area contributed by atoms with Gasteiger partial charge in [0.1, 0.15) is 28.1 Å². The molecule has 0 unspecified atom stereocenters. The molecule has 31 heavy (non-hydrogen) atoms. The number of rotatable bonds is 6. The molecule has 0 saturated heterocycles. The van der Waals surface area contributed by atoms with Gasteiger partial charge in [-0.15, -0.1) is 21.5 Å². The topological polar surface area (TPSA) is 95.6 Å². The molecule has 0 radical (unpaired) electrons. The quantitative estimate of drug-likeness (QED) is 0.316. The summed E-state index contributed by atoms with van der Waals surface area (Å²) >= 11 is 3.38. The molecule has 0 bridgehead atoms. The minimum Gasteiger partial charge on any atom is -0.467 e. The van der Waals surface area contributed by atoms with Crippen LogP contribution >= 0.6 is 23.1 Å². The van der Waals surface area contributed by atoms with E-state index in [-0.39, 0.29) is 5.92 Å². The fraction of sp³-hybridized carbons (Fsp3) is 0.455. The maximum atomic E-state index is 6.41. The van der Waals surface area contributed by atoms with Gasteiger partial charge < -0.3 is 10.2 Å². The van der Waals surface area contributed by atoms with Gasteiger partial charge in [0.15, 0.2) is 5.16 Å². The molecule has 4 heterocycles. The maximum Gasteiger partial charge on any atom is 0.192 e. The van der Waals surface area contributed by atoms with Crippen molar-refractivity contribution in [2.45, 2.75) is 69.3 Å². The summed E-state index contributed by atoms with van der Waals surface area (Å²) in [7, 11) is 0. The molecule has 4 aromatic rings. The third-order valence-electron chi connectivity index (χ3n) is 5.63. The molecule has 1 aliphatic carbocycles. The van der Waals surface area contributed by atoms with E-state index in [9.17, 15) is 0 Å². The summed E-state index contributed by atoms with van der Waals surface area (Å²) in [5.41, 5.74) is 7.79. The number of nitrogens with two attached hydrogens (primary N) is 1. The van der Waals surface area contributed by atoms with Gasteiger partial charge in [0.05, 0.1) is 23.9 Å². The van der Waals surface area contributed by atoms with Crippen LogP contribution in [0.15, 0.2) is 28.0 Å². The van der Waals surface area contributed by atoms with Crippen LogP contribution in [0.5, 0.6) is 0 Å². The Labute approximate surface area is 189 Å². The van der Waals surface area contributed by atoms with E-state index in [4.69, 9.17) is 15.1 Å². The van der Waals surface area contributed by atoms with Crippen molar-refractivity contribution in [1.29, 1.82) is 0 Å².